The number of hydroxylamine groups is 1. The Hall–Kier alpha value is -3.32. The van der Waals surface area contributed by atoms with E-state index in [0.717, 1.165) is 19.1 Å². The number of sulfone groups is 1. The summed E-state index contributed by atoms with van der Waals surface area (Å²) in [5, 5.41) is 0. The highest BCUT2D eigenvalue weighted by molar-refractivity contribution is 7.92. The zero-order chi connectivity index (χ0) is 27.5. The van der Waals surface area contributed by atoms with Crippen LogP contribution in [0.15, 0.2) is 12.3 Å². The number of nitrogens with zero attached hydrogens (tertiary/aromatic N) is 3. The molecule has 1 unspecified atom stereocenters. The smallest absolute Gasteiger partial charge is 0.328 e. The van der Waals surface area contributed by atoms with Crippen molar-refractivity contribution < 1.29 is 32.4 Å². The molecule has 4 heterocycles. The van der Waals surface area contributed by atoms with E-state index in [1.165, 1.54) is 23.3 Å². The summed E-state index contributed by atoms with van der Waals surface area (Å²) in [6.45, 7) is 4.95. The van der Waals surface area contributed by atoms with Crippen molar-refractivity contribution in [3.05, 3.63) is 23.5 Å². The molecule has 0 aromatic carbocycles. The largest absolute Gasteiger partial charge is 0.350 e. The molecule has 0 bridgehead atoms. The van der Waals surface area contributed by atoms with Gasteiger partial charge in [0, 0.05) is 63.3 Å². The molecule has 2 saturated heterocycles. The van der Waals surface area contributed by atoms with Gasteiger partial charge in [-0.2, -0.15) is 0 Å². The molecular formula is C26H32N4O7S. The monoisotopic (exact) mass is 544 g/mol. The summed E-state index contributed by atoms with van der Waals surface area (Å²) >= 11 is 0. The third-order valence-electron chi connectivity index (χ3n) is 7.18. The molecule has 204 valence electrons. The van der Waals surface area contributed by atoms with Crippen LogP contribution in [0.25, 0.3) is 0 Å². The molecule has 2 fully saturated rings. The first-order chi connectivity index (χ1) is 18.0. The summed E-state index contributed by atoms with van der Waals surface area (Å²) in [6.07, 6.45) is 4.31. The first-order valence-electron chi connectivity index (χ1n) is 12.5. The zero-order valence-corrected chi connectivity index (χ0v) is 22.6. The molecule has 0 saturated carbocycles. The van der Waals surface area contributed by atoms with Crippen molar-refractivity contribution in [3.8, 4) is 23.7 Å². The summed E-state index contributed by atoms with van der Waals surface area (Å²) < 4.78 is 30.2. The van der Waals surface area contributed by atoms with Crippen molar-refractivity contribution in [2.45, 2.75) is 57.1 Å². The Bertz CT molecular complexity index is 1330. The Morgan fingerprint density at radius 2 is 2.03 bits per heavy atom. The Morgan fingerprint density at radius 3 is 2.66 bits per heavy atom. The fourth-order valence-corrected chi connectivity index (χ4v) is 5.22. The number of hydrogen-bond donors (Lipinski definition) is 1. The summed E-state index contributed by atoms with van der Waals surface area (Å²) in [7, 11) is -3.84. The second kappa shape index (κ2) is 11.2. The summed E-state index contributed by atoms with van der Waals surface area (Å²) in [5.74, 6) is 10.9. The van der Waals surface area contributed by atoms with Crippen LogP contribution in [0.4, 0.5) is 4.79 Å². The predicted molar refractivity (Wildman–Crippen MR) is 137 cm³/mol. The summed E-state index contributed by atoms with van der Waals surface area (Å²) in [5.41, 5.74) is 3.61. The number of rotatable bonds is 7. The third kappa shape index (κ3) is 6.04. The molecule has 12 heteroatoms. The van der Waals surface area contributed by atoms with Crippen molar-refractivity contribution in [2.75, 3.05) is 32.5 Å². The predicted octanol–water partition coefficient (Wildman–Crippen LogP) is 0.873. The van der Waals surface area contributed by atoms with Crippen LogP contribution < -0.4 is 5.48 Å². The maximum Gasteiger partial charge on any atom is 0.328 e. The molecule has 1 aromatic heterocycles. The number of hydrogen-bond acceptors (Lipinski definition) is 7. The van der Waals surface area contributed by atoms with E-state index in [4.69, 9.17) is 9.57 Å². The number of carbonyl (C=O) groups is 3. The lowest BCUT2D eigenvalue weighted by Crippen LogP contribution is -2.52. The van der Waals surface area contributed by atoms with Crippen LogP contribution in [-0.2, 0) is 35.5 Å². The number of ether oxygens (including phenoxy) is 1. The summed E-state index contributed by atoms with van der Waals surface area (Å²) in [6, 6.07) is 1.47. The van der Waals surface area contributed by atoms with Crippen LogP contribution >= 0.6 is 0 Å². The lowest BCUT2D eigenvalue weighted by atomic mass is 10.0. The highest BCUT2D eigenvalue weighted by atomic mass is 32.2. The van der Waals surface area contributed by atoms with Crippen molar-refractivity contribution in [1.82, 2.24) is 19.8 Å². The Kier molecular flexibility index (Phi) is 8.16. The SMILES string of the molecule is CC(=O)N1CC(C#CC#Cc2cc3n(c2)C(=O)N(CC[C@](C)(C(=O)NOC2CCCCO2)S(C)(=O)=O)C3)C1. The Labute approximate surface area is 222 Å². The molecule has 2 atom stereocenters. The standard InChI is InChI=1S/C26H32N4O7S/c1-19(31)29-15-21(16-29)9-5-4-8-20-14-22-18-28(25(33)30(22)17-20)12-11-26(2,38(3,34)35)24(32)27-37-23-10-6-7-13-36-23/h14,17,21,23H,6-7,10-13,15-16,18H2,1-3H3,(H,27,32)/t23?,26-/m1/s1. The maximum absolute atomic E-state index is 12.9. The maximum atomic E-state index is 12.9. The van der Waals surface area contributed by atoms with Crippen LogP contribution in [0, 0.1) is 29.6 Å². The minimum atomic E-state index is -3.84. The molecule has 1 N–H and O–H groups in total. The van der Waals surface area contributed by atoms with Gasteiger partial charge in [0.1, 0.15) is 0 Å². The van der Waals surface area contributed by atoms with Crippen molar-refractivity contribution >= 4 is 27.7 Å². The molecule has 0 aliphatic carbocycles. The molecule has 38 heavy (non-hydrogen) atoms. The number of nitrogens with one attached hydrogen (secondary N) is 1. The van der Waals surface area contributed by atoms with Crippen molar-refractivity contribution in [1.29, 1.82) is 0 Å². The minimum Gasteiger partial charge on any atom is -0.350 e. The molecule has 3 aliphatic rings. The van der Waals surface area contributed by atoms with E-state index in [1.807, 2.05) is 0 Å². The van der Waals surface area contributed by atoms with Crippen molar-refractivity contribution in [2.24, 2.45) is 5.92 Å². The average molecular weight is 545 g/mol. The van der Waals surface area contributed by atoms with Gasteiger partial charge in [-0.3, -0.25) is 14.2 Å². The van der Waals surface area contributed by atoms with Crippen molar-refractivity contribution in [3.63, 3.8) is 0 Å². The van der Waals surface area contributed by atoms with Gasteiger partial charge in [0.15, 0.2) is 20.9 Å². The first kappa shape index (κ1) is 27.7. The zero-order valence-electron chi connectivity index (χ0n) is 21.8. The second-order valence-corrected chi connectivity index (χ2v) is 12.5. The Morgan fingerprint density at radius 1 is 1.26 bits per heavy atom. The molecule has 0 radical (unpaired) electrons. The van der Waals surface area contributed by atoms with Gasteiger partial charge in [-0.15, -0.1) is 0 Å². The van der Waals surface area contributed by atoms with Gasteiger partial charge in [0.25, 0.3) is 5.91 Å². The van der Waals surface area contributed by atoms with Crippen LogP contribution in [0.3, 0.4) is 0 Å². The highest BCUT2D eigenvalue weighted by Crippen LogP contribution is 2.26. The molecule has 1 aromatic rings. The number of amides is 3. The summed E-state index contributed by atoms with van der Waals surface area (Å²) in [4.78, 5) is 45.5. The fraction of sp³-hybridized carbons (Fsp3) is 0.577. The second-order valence-electron chi connectivity index (χ2n) is 10.0. The third-order valence-corrected chi connectivity index (χ3v) is 9.21. The molecule has 0 spiro atoms. The van der Waals surface area contributed by atoms with Gasteiger partial charge >= 0.3 is 6.03 Å². The van der Waals surface area contributed by atoms with Crippen LogP contribution in [0.2, 0.25) is 0 Å². The van der Waals surface area contributed by atoms with Gasteiger partial charge in [-0.1, -0.05) is 11.8 Å². The van der Waals surface area contributed by atoms with Crippen LogP contribution in [0.1, 0.15) is 50.8 Å². The lowest BCUT2D eigenvalue weighted by molar-refractivity contribution is -0.201. The number of likely N-dealkylation sites (tertiary alicyclic amines) is 1. The van der Waals surface area contributed by atoms with E-state index in [9.17, 15) is 22.8 Å². The number of fused-ring (bicyclic) bond motifs is 1. The Balaban J connectivity index is 1.32. The van der Waals surface area contributed by atoms with E-state index in [2.05, 4.69) is 29.2 Å². The quantitative estimate of drug-likeness (QED) is 0.399. The van der Waals surface area contributed by atoms with Crippen LogP contribution in [0.5, 0.6) is 0 Å². The first-order valence-corrected chi connectivity index (χ1v) is 14.4. The van der Waals surface area contributed by atoms with Gasteiger partial charge in [-0.05, 0) is 44.1 Å². The minimum absolute atomic E-state index is 0.0409. The normalized spacial score (nSPS) is 20.8. The van der Waals surface area contributed by atoms with E-state index >= 15 is 0 Å². The van der Waals surface area contributed by atoms with Gasteiger partial charge in [0.05, 0.1) is 12.5 Å². The van der Waals surface area contributed by atoms with Crippen LogP contribution in [-0.4, -0.2) is 84.2 Å². The van der Waals surface area contributed by atoms with Gasteiger partial charge in [-0.25, -0.2) is 23.5 Å². The number of carbonyl (C=O) groups excluding carboxylic acids is 3. The number of aromatic nitrogens is 1. The van der Waals surface area contributed by atoms with E-state index < -0.39 is 26.8 Å². The van der Waals surface area contributed by atoms with E-state index in [0.29, 0.717) is 37.4 Å². The van der Waals surface area contributed by atoms with E-state index in [-0.39, 0.29) is 37.4 Å². The molecule has 3 amide bonds. The highest BCUT2D eigenvalue weighted by Gasteiger charge is 2.45. The van der Waals surface area contributed by atoms with Gasteiger partial charge < -0.3 is 14.5 Å². The molecule has 11 nitrogen and oxygen atoms in total. The molecular weight excluding hydrogens is 512 g/mol. The lowest BCUT2D eigenvalue weighted by Gasteiger charge is -2.35. The topological polar surface area (TPSA) is 127 Å². The molecule has 4 rings (SSSR count). The van der Waals surface area contributed by atoms with E-state index in [1.54, 1.807) is 17.2 Å². The average Bonchev–Trinajstić information content (AvgIpc) is 3.37. The fourth-order valence-electron chi connectivity index (χ4n) is 4.38. The van der Waals surface area contributed by atoms with Gasteiger partial charge in [0.2, 0.25) is 5.91 Å². The molecule has 3 aliphatic heterocycles.